The zero-order chi connectivity index (χ0) is 25.1. The van der Waals surface area contributed by atoms with E-state index in [1.807, 2.05) is 12.2 Å². The second kappa shape index (κ2) is 14.0. The summed E-state index contributed by atoms with van der Waals surface area (Å²) in [6.45, 7) is 3.52. The molecule has 0 saturated carbocycles. The fraction of sp³-hybridized carbons (Fsp3) is 0.615. The second-order valence-corrected chi connectivity index (χ2v) is 9.11. The van der Waals surface area contributed by atoms with Gasteiger partial charge in [0.2, 0.25) is 11.8 Å². The minimum atomic E-state index is -0.771. The number of hydrogen-bond donors (Lipinski definition) is 2. The van der Waals surface area contributed by atoms with Crippen LogP contribution in [-0.2, 0) is 28.7 Å². The summed E-state index contributed by atoms with van der Waals surface area (Å²) in [5.74, 6) is -1.73. The number of esters is 1. The van der Waals surface area contributed by atoms with E-state index < -0.39 is 30.2 Å². The molecule has 1 saturated heterocycles. The molecule has 1 unspecified atom stereocenters. The van der Waals surface area contributed by atoms with E-state index in [2.05, 4.69) is 5.32 Å². The molecule has 1 fully saturated rings. The molecule has 0 aliphatic carbocycles. The number of ether oxygens (including phenoxy) is 2. The van der Waals surface area contributed by atoms with Gasteiger partial charge >= 0.3 is 5.97 Å². The van der Waals surface area contributed by atoms with Crippen molar-refractivity contribution >= 4 is 23.6 Å². The fourth-order valence-electron chi connectivity index (χ4n) is 4.30. The summed E-state index contributed by atoms with van der Waals surface area (Å²) >= 11 is 0. The number of hydrogen-bond acceptors (Lipinski definition) is 7. The number of carbonyl (C=O) groups is 4. The van der Waals surface area contributed by atoms with Crippen molar-refractivity contribution in [2.45, 2.75) is 83.5 Å². The molecule has 188 valence electrons. The highest BCUT2D eigenvalue weighted by molar-refractivity contribution is 5.97. The Morgan fingerprint density at radius 1 is 1.21 bits per heavy atom. The number of allylic oxidation sites excluding steroid dienone is 2. The molecule has 4 atom stereocenters. The number of imide groups is 1. The van der Waals surface area contributed by atoms with E-state index in [9.17, 15) is 24.3 Å². The predicted molar refractivity (Wildman–Crippen MR) is 126 cm³/mol. The first-order valence-electron chi connectivity index (χ1n) is 12.0. The Balaban J connectivity index is 2.05. The van der Waals surface area contributed by atoms with E-state index in [-0.39, 0.29) is 36.4 Å². The lowest BCUT2D eigenvalue weighted by Crippen LogP contribution is -2.38. The Labute approximate surface area is 201 Å². The number of piperidine rings is 1. The molecule has 34 heavy (non-hydrogen) atoms. The van der Waals surface area contributed by atoms with E-state index in [0.29, 0.717) is 44.1 Å². The van der Waals surface area contributed by atoms with E-state index in [1.165, 1.54) is 6.08 Å². The van der Waals surface area contributed by atoms with Crippen LogP contribution in [0.2, 0.25) is 0 Å². The van der Waals surface area contributed by atoms with Crippen LogP contribution in [0.15, 0.2) is 36.0 Å². The molecule has 0 spiro atoms. The summed E-state index contributed by atoms with van der Waals surface area (Å²) in [4.78, 5) is 48.4. The molecule has 0 bridgehead atoms. The molecule has 2 amide bonds. The van der Waals surface area contributed by atoms with Gasteiger partial charge in [0.25, 0.3) is 0 Å². The first-order chi connectivity index (χ1) is 16.2. The lowest BCUT2D eigenvalue weighted by Gasteiger charge is -2.25. The highest BCUT2D eigenvalue weighted by Crippen LogP contribution is 2.24. The number of aliphatic hydroxyl groups excluding tert-OH is 1. The molecule has 2 heterocycles. The smallest absolute Gasteiger partial charge is 0.331 e. The van der Waals surface area contributed by atoms with Gasteiger partial charge in [0.05, 0.1) is 12.0 Å². The van der Waals surface area contributed by atoms with Crippen molar-refractivity contribution in [2.24, 2.45) is 11.8 Å². The van der Waals surface area contributed by atoms with Crippen LogP contribution >= 0.6 is 0 Å². The molecule has 2 aliphatic heterocycles. The molecule has 0 radical (unpaired) electrons. The van der Waals surface area contributed by atoms with Gasteiger partial charge in [0.15, 0.2) is 0 Å². The van der Waals surface area contributed by atoms with Crippen molar-refractivity contribution < 1.29 is 33.8 Å². The summed E-state index contributed by atoms with van der Waals surface area (Å²) in [5, 5.41) is 12.8. The maximum absolute atomic E-state index is 12.9. The van der Waals surface area contributed by atoms with Crippen LogP contribution in [0, 0.1) is 11.8 Å². The lowest BCUT2D eigenvalue weighted by molar-refractivity contribution is -0.145. The minimum Gasteiger partial charge on any atom is -0.454 e. The zero-order valence-electron chi connectivity index (χ0n) is 20.3. The highest BCUT2D eigenvalue weighted by Gasteiger charge is 2.29. The Hall–Kier alpha value is -2.58. The van der Waals surface area contributed by atoms with Crippen LogP contribution in [0.3, 0.4) is 0 Å². The van der Waals surface area contributed by atoms with Crippen molar-refractivity contribution in [3.8, 4) is 0 Å². The van der Waals surface area contributed by atoms with Gasteiger partial charge < -0.3 is 14.6 Å². The average Bonchev–Trinajstić information content (AvgIpc) is 2.78. The maximum Gasteiger partial charge on any atom is 0.331 e. The number of Topliss-reactive ketones (excluding diaryl/α,β-unsaturated/α-hetero) is 1. The normalized spacial score (nSPS) is 26.3. The van der Waals surface area contributed by atoms with Crippen LogP contribution in [0.5, 0.6) is 0 Å². The molecule has 2 aliphatic rings. The van der Waals surface area contributed by atoms with Crippen LogP contribution in [0.25, 0.3) is 0 Å². The third-order valence-corrected chi connectivity index (χ3v) is 6.33. The van der Waals surface area contributed by atoms with Crippen LogP contribution in [-0.4, -0.2) is 54.1 Å². The van der Waals surface area contributed by atoms with Gasteiger partial charge in [0.1, 0.15) is 18.0 Å². The fourth-order valence-corrected chi connectivity index (χ4v) is 4.30. The van der Waals surface area contributed by atoms with Gasteiger partial charge in [-0.2, -0.15) is 0 Å². The van der Waals surface area contributed by atoms with Crippen molar-refractivity contribution in [3.63, 3.8) is 0 Å². The van der Waals surface area contributed by atoms with Gasteiger partial charge in [0, 0.05) is 32.4 Å². The number of rotatable bonds is 7. The number of cyclic esters (lactones) is 1. The summed E-state index contributed by atoms with van der Waals surface area (Å²) in [7, 11) is 1.54. The second-order valence-electron chi connectivity index (χ2n) is 9.11. The summed E-state index contributed by atoms with van der Waals surface area (Å²) < 4.78 is 11.0. The summed E-state index contributed by atoms with van der Waals surface area (Å²) in [6, 6.07) is 0. The minimum absolute atomic E-state index is 0.0485. The predicted octanol–water partition coefficient (Wildman–Crippen LogP) is 2.95. The Morgan fingerprint density at radius 2 is 1.88 bits per heavy atom. The van der Waals surface area contributed by atoms with E-state index in [4.69, 9.17) is 9.47 Å². The zero-order valence-corrected chi connectivity index (χ0v) is 20.3. The van der Waals surface area contributed by atoms with E-state index in [0.717, 1.165) is 0 Å². The third-order valence-electron chi connectivity index (χ3n) is 6.33. The number of ketones is 1. The molecular weight excluding hydrogens is 438 g/mol. The van der Waals surface area contributed by atoms with E-state index in [1.54, 1.807) is 33.1 Å². The topological polar surface area (TPSA) is 119 Å². The number of methoxy groups -OCH3 is 1. The summed E-state index contributed by atoms with van der Waals surface area (Å²) in [6.07, 6.45) is 10.3. The maximum atomic E-state index is 12.9. The standard InChI is InChI=1S/C26H37NO7/c1-17-13-14-21(29)22(33-3)11-6-4-5-7-12-25(32)34-26(17)18(2)20(28)10-8-9-19-15-23(30)27-24(31)16-19/h6-7,11-13,18-19,21-22,26,29H,4-5,8-10,14-16H2,1-3H3,(H,27,30,31)/t18-,21+,22+,26?/m1/s1. The van der Waals surface area contributed by atoms with Gasteiger partial charge in [-0.1, -0.05) is 31.2 Å². The Kier molecular flexibility index (Phi) is 11.4. The van der Waals surface area contributed by atoms with Gasteiger partial charge in [-0.05, 0) is 50.5 Å². The molecule has 0 aromatic rings. The Bertz CT molecular complexity index is 813. The third kappa shape index (κ3) is 8.99. The quantitative estimate of drug-likeness (QED) is 0.330. The average molecular weight is 476 g/mol. The first-order valence-corrected chi connectivity index (χ1v) is 12.0. The summed E-state index contributed by atoms with van der Waals surface area (Å²) in [5.41, 5.74) is 0.687. The Morgan fingerprint density at radius 3 is 2.56 bits per heavy atom. The van der Waals surface area contributed by atoms with E-state index >= 15 is 0 Å². The molecule has 8 heteroatoms. The van der Waals surface area contributed by atoms with Gasteiger partial charge in [-0.15, -0.1) is 0 Å². The molecular formula is C26H37NO7. The van der Waals surface area contributed by atoms with Crippen molar-refractivity contribution in [2.75, 3.05) is 7.11 Å². The number of aliphatic hydroxyl groups is 1. The largest absolute Gasteiger partial charge is 0.454 e. The highest BCUT2D eigenvalue weighted by atomic mass is 16.5. The van der Waals surface area contributed by atoms with Crippen LogP contribution in [0.4, 0.5) is 0 Å². The van der Waals surface area contributed by atoms with Gasteiger partial charge in [-0.25, -0.2) is 4.79 Å². The molecule has 2 N–H and O–H groups in total. The van der Waals surface area contributed by atoms with Gasteiger partial charge in [-0.3, -0.25) is 19.7 Å². The molecule has 0 aromatic carbocycles. The number of amides is 2. The lowest BCUT2D eigenvalue weighted by atomic mass is 9.87. The van der Waals surface area contributed by atoms with Crippen molar-refractivity contribution in [3.05, 3.63) is 36.0 Å². The van der Waals surface area contributed by atoms with Crippen molar-refractivity contribution in [1.29, 1.82) is 0 Å². The monoisotopic (exact) mass is 475 g/mol. The number of nitrogens with one attached hydrogen (secondary N) is 1. The molecule has 0 aromatic heterocycles. The van der Waals surface area contributed by atoms with Crippen LogP contribution < -0.4 is 5.32 Å². The first kappa shape index (κ1) is 27.7. The molecule has 8 nitrogen and oxygen atoms in total. The van der Waals surface area contributed by atoms with Crippen LogP contribution in [0.1, 0.15) is 65.2 Å². The SMILES string of the molecule is CO[C@H]1C=CCCC=CC(=O)OC([C@H](C)C(=O)CCCC2CC(=O)NC(=O)C2)C(C)=CC[C@@H]1O. The number of carbonyl (C=O) groups excluding carboxylic acids is 4. The van der Waals surface area contributed by atoms with Crippen molar-refractivity contribution in [1.82, 2.24) is 5.32 Å². The molecule has 2 rings (SSSR count).